The lowest BCUT2D eigenvalue weighted by Gasteiger charge is -2.20. The number of pyridine rings is 1. The number of benzodiazepines with no additional fused rings is 1. The molecule has 1 aromatic heterocycles. The number of rotatable bonds is 16. The smallest absolute Gasteiger partial charge is 0.252 e. The highest BCUT2D eigenvalue weighted by Crippen LogP contribution is 2.27. The molecule has 0 radical (unpaired) electrons. The zero-order valence-electron chi connectivity index (χ0n) is 28.6. The first-order valence-electron chi connectivity index (χ1n) is 16.0. The third-order valence-electron chi connectivity index (χ3n) is 7.52. The van der Waals surface area contributed by atoms with Gasteiger partial charge in [0.25, 0.3) is 5.91 Å². The quantitative estimate of drug-likeness (QED) is 0.0612. The number of hydrogen-bond acceptors (Lipinski definition) is 7. The number of likely N-dealkylation sites (N-methyl/N-ethyl adjacent to an activating group) is 1. The van der Waals surface area contributed by atoms with Gasteiger partial charge in [0.2, 0.25) is 18.3 Å². The summed E-state index contributed by atoms with van der Waals surface area (Å²) in [6.07, 6.45) is 11.8. The number of anilines is 2. The average molecular weight is 654 g/mol. The van der Waals surface area contributed by atoms with Gasteiger partial charge in [-0.3, -0.25) is 24.4 Å². The van der Waals surface area contributed by atoms with E-state index in [0.29, 0.717) is 31.8 Å². The molecule has 0 aliphatic carbocycles. The van der Waals surface area contributed by atoms with Crippen molar-refractivity contribution in [1.29, 1.82) is 0 Å². The van der Waals surface area contributed by atoms with Crippen molar-refractivity contribution in [2.24, 2.45) is 15.0 Å². The second kappa shape index (κ2) is 19.3. The maximum atomic E-state index is 13.3. The molecule has 1 atom stereocenters. The third kappa shape index (κ3) is 11.4. The maximum absolute atomic E-state index is 13.3. The highest BCUT2D eigenvalue weighted by molar-refractivity contribution is 6.13. The number of carbonyl (C=O) groups excluding carboxylic acids is 3. The molecule has 1 aliphatic rings. The van der Waals surface area contributed by atoms with Gasteiger partial charge in [0.1, 0.15) is 12.7 Å². The first kappa shape index (κ1) is 37.1. The number of aromatic nitrogens is 1. The Bertz CT molecular complexity index is 1580. The van der Waals surface area contributed by atoms with E-state index in [1.807, 2.05) is 75.4 Å². The lowest BCUT2D eigenvalue weighted by Crippen LogP contribution is -2.38. The number of guanidine groups is 1. The monoisotopic (exact) mass is 653 g/mol. The van der Waals surface area contributed by atoms with Gasteiger partial charge in [-0.15, -0.1) is 6.58 Å². The average Bonchev–Trinajstić information content (AvgIpc) is 3.19. The summed E-state index contributed by atoms with van der Waals surface area (Å²) in [5.74, 6) is -0.120. The minimum atomic E-state index is -0.815. The van der Waals surface area contributed by atoms with Crippen LogP contribution in [0.4, 0.5) is 11.4 Å². The van der Waals surface area contributed by atoms with Crippen LogP contribution >= 0.6 is 0 Å². The molecule has 2 heterocycles. The highest BCUT2D eigenvalue weighted by Gasteiger charge is 2.30. The lowest BCUT2D eigenvalue weighted by molar-refractivity contribution is -0.125. The fourth-order valence-electron chi connectivity index (χ4n) is 4.70. The summed E-state index contributed by atoms with van der Waals surface area (Å²) in [6, 6.07) is 10.6. The summed E-state index contributed by atoms with van der Waals surface area (Å²) in [6.45, 7) is 10.7. The molecule has 0 spiro atoms. The van der Waals surface area contributed by atoms with Crippen LogP contribution in [0.3, 0.4) is 0 Å². The summed E-state index contributed by atoms with van der Waals surface area (Å²) >= 11 is 0. The van der Waals surface area contributed by atoms with Gasteiger partial charge < -0.3 is 25.8 Å². The van der Waals surface area contributed by atoms with Crippen molar-refractivity contribution in [3.8, 4) is 0 Å². The van der Waals surface area contributed by atoms with Gasteiger partial charge >= 0.3 is 0 Å². The van der Waals surface area contributed by atoms with Crippen LogP contribution in [-0.4, -0.2) is 85.9 Å². The molecular weight excluding hydrogens is 606 g/mol. The Morgan fingerprint density at radius 1 is 1.17 bits per heavy atom. The first-order chi connectivity index (χ1) is 23.2. The van der Waals surface area contributed by atoms with Crippen LogP contribution in [-0.2, 0) is 14.4 Å². The molecule has 254 valence electrons. The van der Waals surface area contributed by atoms with Crippen molar-refractivity contribution in [2.75, 3.05) is 44.1 Å². The number of carbonyl (C=O) groups is 3. The molecule has 0 unspecified atom stereocenters. The number of amides is 3. The van der Waals surface area contributed by atoms with Gasteiger partial charge in [-0.25, -0.2) is 9.98 Å². The number of nitrogens with zero attached hydrogens (tertiary/aromatic N) is 6. The lowest BCUT2D eigenvalue weighted by atomic mass is 10.0. The van der Waals surface area contributed by atoms with E-state index in [9.17, 15) is 14.4 Å². The SMILES string of the molecule is C=CCCC1=N[C@@H](CC(=O)NC/C=C(NCCC=NC(=NCN(C)C=O)Nc2ccc(C)nc2)\C(C)=C/C)C(=O)N(C)c2ccccc21. The summed E-state index contributed by atoms with van der Waals surface area (Å²) < 4.78 is 0. The Morgan fingerprint density at radius 2 is 1.96 bits per heavy atom. The standard InChI is InChI=1S/C36H47N9O3/c1-7-9-14-31-29-13-10-11-15-33(29)45(6)35(48)32(43-31)22-34(47)38-21-18-30(26(3)8-2)37-19-12-20-39-36(41-24-44(5)25-46)42-28-17-16-27(4)40-23-28/h7-8,10-11,13,15-18,20,23,25,32,37H,1,9,12,14,19,21-22,24H2,2-6H3,(H,38,47)(H,41,42)/b26-8-,30-18+,39-20?/t32-/m0/s1. The molecule has 0 saturated heterocycles. The number of aryl methyl sites for hydroxylation is 1. The molecule has 0 bridgehead atoms. The van der Waals surface area contributed by atoms with Crippen LogP contribution in [0.2, 0.25) is 0 Å². The van der Waals surface area contributed by atoms with Crippen molar-refractivity contribution >= 4 is 47.5 Å². The normalized spacial score (nSPS) is 15.4. The zero-order valence-corrected chi connectivity index (χ0v) is 28.6. The highest BCUT2D eigenvalue weighted by atomic mass is 16.2. The molecule has 3 rings (SSSR count). The molecule has 12 heteroatoms. The Hall–Kier alpha value is -5.39. The summed E-state index contributed by atoms with van der Waals surface area (Å²) in [7, 11) is 3.36. The van der Waals surface area contributed by atoms with E-state index >= 15 is 0 Å². The van der Waals surface area contributed by atoms with Gasteiger partial charge in [0.05, 0.1) is 24.0 Å². The number of benzene rings is 1. The van der Waals surface area contributed by atoms with Crippen molar-refractivity contribution < 1.29 is 14.4 Å². The number of aliphatic imine (C=N–C) groups is 3. The number of hydrogen-bond donors (Lipinski definition) is 3. The molecule has 0 fully saturated rings. The van der Waals surface area contributed by atoms with Crippen LogP contribution in [0.1, 0.15) is 50.8 Å². The van der Waals surface area contributed by atoms with E-state index in [1.54, 1.807) is 31.4 Å². The topological polar surface area (TPSA) is 144 Å². The second-order valence-electron chi connectivity index (χ2n) is 11.3. The molecule has 12 nitrogen and oxygen atoms in total. The summed E-state index contributed by atoms with van der Waals surface area (Å²) in [4.78, 5) is 58.2. The predicted molar refractivity (Wildman–Crippen MR) is 195 cm³/mol. The van der Waals surface area contributed by atoms with E-state index in [0.717, 1.165) is 46.0 Å². The Balaban J connectivity index is 1.59. The fourth-order valence-corrected chi connectivity index (χ4v) is 4.70. The molecule has 48 heavy (non-hydrogen) atoms. The molecular formula is C36H47N9O3. The Kier molecular flexibility index (Phi) is 14.9. The largest absolute Gasteiger partial charge is 0.385 e. The number of fused-ring (bicyclic) bond motifs is 1. The van der Waals surface area contributed by atoms with Crippen molar-refractivity contribution in [3.05, 3.63) is 89.9 Å². The number of para-hydroxylation sites is 1. The van der Waals surface area contributed by atoms with Gasteiger partial charge in [-0.2, -0.15) is 0 Å². The minimum absolute atomic E-state index is 0.0520. The summed E-state index contributed by atoms with van der Waals surface area (Å²) in [5.41, 5.74) is 6.01. The van der Waals surface area contributed by atoms with Crippen molar-refractivity contribution in [2.45, 2.75) is 52.5 Å². The van der Waals surface area contributed by atoms with E-state index in [1.165, 1.54) is 4.90 Å². The van der Waals surface area contributed by atoms with Gasteiger partial charge in [-0.05, 0) is 63.5 Å². The van der Waals surface area contributed by atoms with Crippen molar-refractivity contribution in [3.63, 3.8) is 0 Å². The molecule has 2 aromatic rings. The Morgan fingerprint density at radius 3 is 2.67 bits per heavy atom. The van der Waals surface area contributed by atoms with E-state index in [-0.39, 0.29) is 31.4 Å². The zero-order chi connectivity index (χ0) is 34.9. The molecule has 1 aromatic carbocycles. The van der Waals surface area contributed by atoms with Crippen molar-refractivity contribution in [1.82, 2.24) is 20.5 Å². The first-order valence-corrected chi connectivity index (χ1v) is 16.0. The minimum Gasteiger partial charge on any atom is -0.385 e. The van der Waals surface area contributed by atoms with E-state index in [4.69, 9.17) is 4.99 Å². The maximum Gasteiger partial charge on any atom is 0.252 e. The number of nitrogens with one attached hydrogen (secondary N) is 3. The number of allylic oxidation sites excluding steroid dienone is 3. The second-order valence-corrected chi connectivity index (χ2v) is 11.3. The van der Waals surface area contributed by atoms with Crippen LogP contribution in [0.15, 0.2) is 93.6 Å². The van der Waals surface area contributed by atoms with E-state index < -0.39 is 6.04 Å². The summed E-state index contributed by atoms with van der Waals surface area (Å²) in [5, 5.41) is 9.46. The van der Waals surface area contributed by atoms with Crippen LogP contribution < -0.4 is 20.9 Å². The van der Waals surface area contributed by atoms with Gasteiger partial charge in [-0.1, -0.05) is 30.4 Å². The van der Waals surface area contributed by atoms with Crippen LogP contribution in [0.5, 0.6) is 0 Å². The van der Waals surface area contributed by atoms with Gasteiger partial charge in [0.15, 0.2) is 0 Å². The molecule has 1 aliphatic heterocycles. The predicted octanol–water partition coefficient (Wildman–Crippen LogP) is 4.41. The van der Waals surface area contributed by atoms with Gasteiger partial charge in [0, 0.05) is 62.5 Å². The molecule has 3 amide bonds. The molecule has 3 N–H and O–H groups in total. The Labute approximate surface area is 283 Å². The molecule has 0 saturated carbocycles. The van der Waals surface area contributed by atoms with Crippen LogP contribution in [0.25, 0.3) is 0 Å². The van der Waals surface area contributed by atoms with E-state index in [2.05, 4.69) is 37.5 Å². The van der Waals surface area contributed by atoms with Crippen LogP contribution in [0, 0.1) is 6.92 Å². The third-order valence-corrected chi connectivity index (χ3v) is 7.52. The fraction of sp³-hybridized carbons (Fsp3) is 0.361.